The van der Waals surface area contributed by atoms with Gasteiger partial charge >= 0.3 is 11.9 Å². The Labute approximate surface area is 287 Å². The molecule has 0 unspecified atom stereocenters. The molecule has 0 spiro atoms. The van der Waals surface area contributed by atoms with Crippen LogP contribution in [0.25, 0.3) is 0 Å². The van der Waals surface area contributed by atoms with Crippen LogP contribution in [0.15, 0.2) is 61.2 Å². The van der Waals surface area contributed by atoms with Crippen molar-refractivity contribution in [3.05, 3.63) is 72.3 Å². The molecule has 5 fully saturated rings. The minimum Gasteiger partial charge on any atom is -0.461 e. The van der Waals surface area contributed by atoms with Gasteiger partial charge in [-0.3, -0.25) is 9.97 Å². The van der Waals surface area contributed by atoms with Gasteiger partial charge in [0.15, 0.2) is 0 Å². The summed E-state index contributed by atoms with van der Waals surface area (Å²) >= 11 is 0. The second-order valence-corrected chi connectivity index (χ2v) is 17.9. The molecule has 5 aliphatic carbocycles. The van der Waals surface area contributed by atoms with Crippen molar-refractivity contribution in [2.75, 3.05) is 6.61 Å². The van der Waals surface area contributed by atoms with Gasteiger partial charge in [0, 0.05) is 35.6 Å². The fraction of sp³-hybridized carbons (Fsp3) is 0.667. The van der Waals surface area contributed by atoms with Gasteiger partial charge in [0.05, 0.1) is 17.7 Å². The monoisotopic (exact) mass is 652 g/mol. The van der Waals surface area contributed by atoms with Crippen LogP contribution < -0.4 is 0 Å². The number of carbonyl (C=O) groups excluding carboxylic acids is 2. The summed E-state index contributed by atoms with van der Waals surface area (Å²) in [5.41, 5.74) is 3.00. The van der Waals surface area contributed by atoms with E-state index in [1.165, 1.54) is 37.7 Å². The van der Waals surface area contributed by atoms with Crippen molar-refractivity contribution in [1.29, 1.82) is 0 Å². The zero-order chi connectivity index (χ0) is 34.1. The highest BCUT2D eigenvalue weighted by Gasteiger charge is 2.71. The van der Waals surface area contributed by atoms with Gasteiger partial charge in [0.1, 0.15) is 6.10 Å². The molecule has 5 aliphatic rings. The average molecular weight is 653 g/mol. The van der Waals surface area contributed by atoms with Gasteiger partial charge in [-0.2, -0.15) is 0 Å². The Hall–Kier alpha value is -3.02. The third-order valence-corrected chi connectivity index (χ3v) is 15.8. The highest BCUT2D eigenvalue weighted by molar-refractivity contribution is 5.89. The number of aromatic nitrogens is 2. The van der Waals surface area contributed by atoms with Gasteiger partial charge in [-0.1, -0.05) is 46.8 Å². The van der Waals surface area contributed by atoms with E-state index >= 15 is 0 Å². The fourth-order valence-electron chi connectivity index (χ4n) is 13.2. The normalized spacial score (nSPS) is 41.1. The molecular formula is C42H56N2O4. The Morgan fingerprint density at radius 3 is 2.04 bits per heavy atom. The third kappa shape index (κ3) is 4.93. The summed E-state index contributed by atoms with van der Waals surface area (Å²) in [6.07, 6.45) is 18.0. The topological polar surface area (TPSA) is 78.4 Å². The lowest BCUT2D eigenvalue weighted by molar-refractivity contribution is -0.249. The van der Waals surface area contributed by atoms with Gasteiger partial charge in [0.25, 0.3) is 0 Å². The summed E-state index contributed by atoms with van der Waals surface area (Å²) in [4.78, 5) is 34.5. The first-order valence-corrected chi connectivity index (χ1v) is 18.6. The second-order valence-electron chi connectivity index (χ2n) is 17.9. The highest BCUT2D eigenvalue weighted by atomic mass is 16.5. The maximum absolute atomic E-state index is 13.2. The lowest BCUT2D eigenvalue weighted by Gasteiger charge is -2.73. The lowest BCUT2D eigenvalue weighted by Crippen LogP contribution is -2.67. The van der Waals surface area contributed by atoms with Crippen LogP contribution in [0.1, 0.15) is 126 Å². The SMILES string of the molecule is C=C(C)[C@@H]1CC[C@]2(COC(=O)c3ccncc3)CC[C@]3(C)[C@H](CC[C@@H]4[C@@]5(C)CC[C@H](OC(=O)c6ccncc6)C(C)(C)[C@H]5CC[C@]43C)[C@@H]12. The Morgan fingerprint density at radius 2 is 1.40 bits per heavy atom. The van der Waals surface area contributed by atoms with Crippen molar-refractivity contribution >= 4 is 11.9 Å². The summed E-state index contributed by atoms with van der Waals surface area (Å²) < 4.78 is 12.5. The molecule has 0 saturated heterocycles. The number of rotatable bonds is 6. The molecule has 5 saturated carbocycles. The van der Waals surface area contributed by atoms with Crippen molar-refractivity contribution < 1.29 is 19.1 Å². The molecule has 6 heteroatoms. The van der Waals surface area contributed by atoms with Crippen LogP contribution in [0.3, 0.4) is 0 Å². The predicted molar refractivity (Wildman–Crippen MR) is 187 cm³/mol. The van der Waals surface area contributed by atoms with E-state index in [0.717, 1.165) is 32.1 Å². The molecule has 0 N–H and O–H groups in total. The number of fused-ring (bicyclic) bond motifs is 7. The second kappa shape index (κ2) is 11.8. The van der Waals surface area contributed by atoms with Crippen LogP contribution in [0, 0.1) is 56.7 Å². The lowest BCUT2D eigenvalue weighted by atomic mass is 9.32. The minimum atomic E-state index is -0.232. The van der Waals surface area contributed by atoms with E-state index in [1.807, 2.05) is 0 Å². The molecule has 0 amide bonds. The molecule has 48 heavy (non-hydrogen) atoms. The number of hydrogen-bond acceptors (Lipinski definition) is 6. The van der Waals surface area contributed by atoms with Crippen molar-refractivity contribution in [1.82, 2.24) is 9.97 Å². The smallest absolute Gasteiger partial charge is 0.338 e. The molecule has 10 atom stereocenters. The van der Waals surface area contributed by atoms with Gasteiger partial charge in [-0.15, -0.1) is 0 Å². The molecule has 2 aromatic rings. The van der Waals surface area contributed by atoms with E-state index in [9.17, 15) is 9.59 Å². The summed E-state index contributed by atoms with van der Waals surface area (Å²) in [5.74, 6) is 2.22. The zero-order valence-corrected chi connectivity index (χ0v) is 30.1. The molecule has 258 valence electrons. The number of nitrogens with zero attached hydrogens (tertiary/aromatic N) is 2. The molecule has 7 rings (SSSR count). The maximum Gasteiger partial charge on any atom is 0.338 e. The highest BCUT2D eigenvalue weighted by Crippen LogP contribution is 2.77. The van der Waals surface area contributed by atoms with E-state index < -0.39 is 0 Å². The van der Waals surface area contributed by atoms with E-state index in [4.69, 9.17) is 9.47 Å². The number of allylic oxidation sites excluding steroid dienone is 1. The van der Waals surface area contributed by atoms with Gasteiger partial charge in [-0.05, 0) is 141 Å². The molecule has 2 aromatic heterocycles. The van der Waals surface area contributed by atoms with Crippen molar-refractivity contribution in [2.24, 2.45) is 56.7 Å². The van der Waals surface area contributed by atoms with Crippen LogP contribution >= 0.6 is 0 Å². The Balaban J connectivity index is 1.14. The molecular weight excluding hydrogens is 596 g/mol. The predicted octanol–water partition coefficient (Wildman–Crippen LogP) is 9.52. The van der Waals surface area contributed by atoms with Crippen LogP contribution in [0.5, 0.6) is 0 Å². The number of ether oxygens (including phenoxy) is 2. The minimum absolute atomic E-state index is 0.0134. The van der Waals surface area contributed by atoms with Gasteiger partial charge in [0.2, 0.25) is 0 Å². The van der Waals surface area contributed by atoms with Crippen molar-refractivity contribution in [3.63, 3.8) is 0 Å². The van der Waals surface area contributed by atoms with Crippen LogP contribution in [-0.4, -0.2) is 34.6 Å². The maximum atomic E-state index is 13.2. The van der Waals surface area contributed by atoms with Crippen molar-refractivity contribution in [3.8, 4) is 0 Å². The number of carbonyl (C=O) groups is 2. The number of esters is 2. The summed E-state index contributed by atoms with van der Waals surface area (Å²) in [6, 6.07) is 7.00. The first-order chi connectivity index (χ1) is 22.8. The largest absolute Gasteiger partial charge is 0.461 e. The molecule has 0 aromatic carbocycles. The van der Waals surface area contributed by atoms with E-state index in [1.54, 1.807) is 49.1 Å². The zero-order valence-electron chi connectivity index (χ0n) is 30.1. The molecule has 0 aliphatic heterocycles. The molecule has 0 bridgehead atoms. The van der Waals surface area contributed by atoms with Crippen molar-refractivity contribution in [2.45, 2.75) is 112 Å². The van der Waals surface area contributed by atoms with Gasteiger partial charge < -0.3 is 9.47 Å². The quantitative estimate of drug-likeness (QED) is 0.229. The molecule has 0 radical (unpaired) electrons. The van der Waals surface area contributed by atoms with Crippen LogP contribution in [0.2, 0.25) is 0 Å². The molecule has 6 nitrogen and oxygen atoms in total. The van der Waals surface area contributed by atoms with E-state index in [-0.39, 0.29) is 45.1 Å². The summed E-state index contributed by atoms with van der Waals surface area (Å²) in [7, 11) is 0. The van der Waals surface area contributed by atoms with Gasteiger partial charge in [-0.25, -0.2) is 9.59 Å². The average Bonchev–Trinajstić information content (AvgIpc) is 3.46. The van der Waals surface area contributed by atoms with E-state index in [0.29, 0.717) is 47.3 Å². The number of hydrogen-bond donors (Lipinski definition) is 0. The van der Waals surface area contributed by atoms with E-state index in [2.05, 4.69) is 58.1 Å². The first kappa shape index (κ1) is 33.5. The summed E-state index contributed by atoms with van der Waals surface area (Å²) in [5, 5.41) is 0. The Kier molecular flexibility index (Phi) is 8.23. The number of pyridine rings is 2. The van der Waals surface area contributed by atoms with Crippen LogP contribution in [0.4, 0.5) is 0 Å². The Morgan fingerprint density at radius 1 is 0.750 bits per heavy atom. The summed E-state index contributed by atoms with van der Waals surface area (Å²) in [6.45, 7) is 19.9. The molecule has 2 heterocycles. The first-order valence-electron chi connectivity index (χ1n) is 18.6. The fourth-order valence-corrected chi connectivity index (χ4v) is 13.2. The van der Waals surface area contributed by atoms with Crippen LogP contribution in [-0.2, 0) is 9.47 Å². The third-order valence-electron chi connectivity index (χ3n) is 15.8. The standard InChI is InChI=1S/C42H56N2O4/c1-27(2)30-10-19-42(26-47-36(45)28-13-22-43-23-14-28)21-20-40(6)31(35(30)42)8-9-33-39(5)17-12-34(48-37(46)29-15-24-44-25-16-29)38(3,4)32(39)11-18-41(33,40)7/h13-16,22-25,30-35H,1,8-12,17-21,26H2,2-7H3/t30-,31+,32+,33+,34-,35+,39-,40+,41+,42+/m0/s1. The Bertz CT molecular complexity index is 1560.